The highest BCUT2D eigenvalue weighted by Gasteiger charge is 2.29. The van der Waals surface area contributed by atoms with Crippen molar-refractivity contribution >= 4 is 33.3 Å². The van der Waals surface area contributed by atoms with Gasteiger partial charge in [0.05, 0.1) is 34.4 Å². The molecule has 2 aromatic carbocycles. The average Bonchev–Trinajstić information content (AvgIpc) is 2.76. The molecule has 2 aromatic rings. The van der Waals surface area contributed by atoms with Crippen molar-refractivity contribution in [3.63, 3.8) is 0 Å². The van der Waals surface area contributed by atoms with Crippen molar-refractivity contribution < 1.29 is 27.9 Å². The highest BCUT2D eigenvalue weighted by Crippen LogP contribution is 2.33. The van der Waals surface area contributed by atoms with Gasteiger partial charge < -0.3 is 14.7 Å². The molecule has 178 valence electrons. The molecule has 2 N–H and O–H groups in total. The molecule has 0 radical (unpaired) electrons. The number of anilines is 2. The van der Waals surface area contributed by atoms with E-state index < -0.39 is 16.0 Å². The minimum Gasteiger partial charge on any atom is -0.478 e. The average molecular weight is 475 g/mol. The summed E-state index contributed by atoms with van der Waals surface area (Å²) >= 11 is 0. The second kappa shape index (κ2) is 9.82. The molecule has 0 spiro atoms. The first kappa shape index (κ1) is 24.6. The lowest BCUT2D eigenvalue weighted by molar-refractivity contribution is -0.148. The second-order valence-corrected chi connectivity index (χ2v) is 10.0. The highest BCUT2D eigenvalue weighted by molar-refractivity contribution is 7.92. The van der Waals surface area contributed by atoms with Crippen LogP contribution < -0.4 is 9.62 Å². The fraction of sp³-hybridized carbons (Fsp3) is 0.417. The van der Waals surface area contributed by atoms with E-state index in [1.807, 2.05) is 24.8 Å². The van der Waals surface area contributed by atoms with E-state index >= 15 is 0 Å². The molecule has 1 heterocycles. The summed E-state index contributed by atoms with van der Waals surface area (Å²) in [7, 11) is -3.99. The van der Waals surface area contributed by atoms with Crippen LogP contribution >= 0.6 is 0 Å². The van der Waals surface area contributed by atoms with Crippen LogP contribution in [0.15, 0.2) is 35.2 Å². The van der Waals surface area contributed by atoms with Crippen molar-refractivity contribution in [2.75, 3.05) is 29.3 Å². The highest BCUT2D eigenvalue weighted by atomic mass is 32.2. The number of ether oxygens (including phenoxy) is 1. The molecule has 0 saturated carbocycles. The molecule has 0 amide bonds. The van der Waals surface area contributed by atoms with E-state index in [4.69, 9.17) is 4.74 Å². The molecule has 0 aliphatic carbocycles. The van der Waals surface area contributed by atoms with Gasteiger partial charge in [-0.2, -0.15) is 0 Å². The molecule has 33 heavy (non-hydrogen) atoms. The number of carboxylic acid groups (broad SMARTS) is 1. The minimum atomic E-state index is -3.99. The summed E-state index contributed by atoms with van der Waals surface area (Å²) < 4.78 is 34.4. The van der Waals surface area contributed by atoms with Gasteiger partial charge in [-0.25, -0.2) is 13.2 Å². The lowest BCUT2D eigenvalue weighted by atomic mass is 9.97. The van der Waals surface area contributed by atoms with E-state index in [0.29, 0.717) is 37.4 Å². The molecular weight excluding hydrogens is 444 g/mol. The molecule has 0 aromatic heterocycles. The zero-order chi connectivity index (χ0) is 24.3. The van der Waals surface area contributed by atoms with E-state index in [-0.39, 0.29) is 28.0 Å². The summed E-state index contributed by atoms with van der Waals surface area (Å²) in [6.07, 6.45) is 1.41. The number of piperidine rings is 1. The summed E-state index contributed by atoms with van der Waals surface area (Å²) in [5.41, 5.74) is 3.08. The van der Waals surface area contributed by atoms with Crippen LogP contribution in [0.1, 0.15) is 46.8 Å². The first-order valence-corrected chi connectivity index (χ1v) is 12.4. The van der Waals surface area contributed by atoms with Gasteiger partial charge in [0.25, 0.3) is 10.0 Å². The molecule has 3 rings (SSSR count). The lowest BCUT2D eigenvalue weighted by Gasteiger charge is -2.34. The Balaban J connectivity index is 2.00. The quantitative estimate of drug-likeness (QED) is 0.585. The SMILES string of the molecule is CCOC(=O)[C@@H]1CCCN(c2ccc(C(=O)O)cc2NS(=O)(=O)c2cc(C)c(C)cc2C)C1. The molecule has 1 aliphatic rings. The maximum Gasteiger partial charge on any atom is 0.335 e. The molecule has 8 nitrogen and oxygen atoms in total. The Bertz CT molecular complexity index is 1180. The van der Waals surface area contributed by atoms with Gasteiger partial charge in [-0.05, 0) is 81.5 Å². The molecule has 9 heteroatoms. The first-order valence-electron chi connectivity index (χ1n) is 10.9. The van der Waals surface area contributed by atoms with Crippen LogP contribution in [0.3, 0.4) is 0 Å². The summed E-state index contributed by atoms with van der Waals surface area (Å²) in [4.78, 5) is 25.9. The van der Waals surface area contributed by atoms with Crippen molar-refractivity contribution in [2.24, 2.45) is 5.92 Å². The maximum absolute atomic E-state index is 13.3. The maximum atomic E-state index is 13.3. The van der Waals surface area contributed by atoms with Crippen LogP contribution in [0.25, 0.3) is 0 Å². The molecule has 0 unspecified atom stereocenters. The summed E-state index contributed by atoms with van der Waals surface area (Å²) in [5.74, 6) is -1.77. The van der Waals surface area contributed by atoms with Crippen molar-refractivity contribution in [1.29, 1.82) is 0 Å². The van der Waals surface area contributed by atoms with Gasteiger partial charge in [0.1, 0.15) is 0 Å². The fourth-order valence-corrected chi connectivity index (χ4v) is 5.48. The molecule has 1 aliphatic heterocycles. The minimum absolute atomic E-state index is 0.0350. The van der Waals surface area contributed by atoms with Crippen LogP contribution in [0.2, 0.25) is 0 Å². The number of carbonyl (C=O) groups excluding carboxylic acids is 1. The summed E-state index contributed by atoms with van der Waals surface area (Å²) in [6, 6.07) is 7.77. The molecule has 1 fully saturated rings. The second-order valence-electron chi connectivity index (χ2n) is 8.38. The third-order valence-electron chi connectivity index (χ3n) is 5.95. The number of sulfonamides is 1. The van der Waals surface area contributed by atoms with Gasteiger partial charge in [0.15, 0.2) is 0 Å². The first-order chi connectivity index (χ1) is 15.5. The predicted octanol–water partition coefficient (Wildman–Crippen LogP) is 3.89. The molecule has 0 bridgehead atoms. The number of rotatable bonds is 7. The number of carbonyl (C=O) groups is 2. The van der Waals surface area contributed by atoms with Gasteiger partial charge in [-0.15, -0.1) is 0 Å². The monoisotopic (exact) mass is 474 g/mol. The number of benzene rings is 2. The largest absolute Gasteiger partial charge is 0.478 e. The zero-order valence-corrected chi connectivity index (χ0v) is 20.2. The number of hydrogen-bond donors (Lipinski definition) is 2. The Morgan fingerprint density at radius 1 is 1.12 bits per heavy atom. The number of esters is 1. The normalized spacial score (nSPS) is 16.4. The van der Waals surface area contributed by atoms with Crippen LogP contribution in [-0.2, 0) is 19.6 Å². The van der Waals surface area contributed by atoms with Gasteiger partial charge in [0.2, 0.25) is 0 Å². The number of aryl methyl sites for hydroxylation is 3. The zero-order valence-electron chi connectivity index (χ0n) is 19.3. The molecule has 1 atom stereocenters. The Morgan fingerprint density at radius 3 is 2.48 bits per heavy atom. The smallest absolute Gasteiger partial charge is 0.335 e. The Kier molecular flexibility index (Phi) is 7.31. The number of nitrogens with zero attached hydrogens (tertiary/aromatic N) is 1. The molecule has 1 saturated heterocycles. The van der Waals surface area contributed by atoms with Crippen molar-refractivity contribution in [3.05, 3.63) is 52.6 Å². The summed E-state index contributed by atoms with van der Waals surface area (Å²) in [6.45, 7) is 8.50. The Morgan fingerprint density at radius 2 is 1.82 bits per heavy atom. The van der Waals surface area contributed by atoms with Crippen molar-refractivity contribution in [2.45, 2.75) is 45.4 Å². The Hall–Kier alpha value is -3.07. The summed E-state index contributed by atoms with van der Waals surface area (Å²) in [5, 5.41) is 9.46. The number of carboxylic acids is 1. The van der Waals surface area contributed by atoms with Crippen molar-refractivity contribution in [3.8, 4) is 0 Å². The number of nitrogens with one attached hydrogen (secondary N) is 1. The van der Waals surface area contributed by atoms with E-state index in [1.165, 1.54) is 12.1 Å². The fourth-order valence-electron chi connectivity index (χ4n) is 4.10. The predicted molar refractivity (Wildman–Crippen MR) is 126 cm³/mol. The van der Waals surface area contributed by atoms with Crippen LogP contribution in [-0.4, -0.2) is 45.2 Å². The number of hydrogen-bond acceptors (Lipinski definition) is 6. The topological polar surface area (TPSA) is 113 Å². The number of aromatic carboxylic acids is 1. The van der Waals surface area contributed by atoms with E-state index in [9.17, 15) is 23.1 Å². The third kappa shape index (κ3) is 5.47. The van der Waals surface area contributed by atoms with Gasteiger partial charge in [-0.1, -0.05) is 6.07 Å². The molecular formula is C24H30N2O6S. The van der Waals surface area contributed by atoms with E-state index in [1.54, 1.807) is 26.0 Å². The van der Waals surface area contributed by atoms with Gasteiger partial charge in [0, 0.05) is 13.1 Å². The van der Waals surface area contributed by atoms with Crippen LogP contribution in [0, 0.1) is 26.7 Å². The third-order valence-corrected chi connectivity index (χ3v) is 7.46. The van der Waals surface area contributed by atoms with Gasteiger partial charge in [-0.3, -0.25) is 9.52 Å². The lowest BCUT2D eigenvalue weighted by Crippen LogP contribution is -2.40. The Labute approximate surface area is 194 Å². The van der Waals surface area contributed by atoms with E-state index in [0.717, 1.165) is 17.5 Å². The van der Waals surface area contributed by atoms with Crippen LogP contribution in [0.4, 0.5) is 11.4 Å². The van der Waals surface area contributed by atoms with Crippen LogP contribution in [0.5, 0.6) is 0 Å². The van der Waals surface area contributed by atoms with Gasteiger partial charge >= 0.3 is 11.9 Å². The standard InChI is InChI=1S/C24H30N2O6S/c1-5-32-24(29)19-7-6-10-26(14-19)21-9-8-18(23(27)28)13-20(21)25-33(30,31)22-12-16(3)15(2)11-17(22)4/h8-9,11-13,19,25H,5-7,10,14H2,1-4H3,(H,27,28)/t19-/m1/s1. The van der Waals surface area contributed by atoms with Crippen molar-refractivity contribution in [1.82, 2.24) is 0 Å². The van der Waals surface area contributed by atoms with E-state index in [2.05, 4.69) is 4.72 Å².